The van der Waals surface area contributed by atoms with Crippen molar-refractivity contribution in [2.24, 2.45) is 0 Å². The normalized spacial score (nSPS) is 19.4. The Hall–Kier alpha value is -1.29. The van der Waals surface area contributed by atoms with E-state index >= 15 is 0 Å². The van der Waals surface area contributed by atoms with Gasteiger partial charge in [0.2, 0.25) is 0 Å². The SMILES string of the molecule is COc1cc(C2CCNC2)cc(CF)c1OC. The minimum absolute atomic E-state index is 0.445. The zero-order valence-corrected chi connectivity index (χ0v) is 10.3. The number of rotatable bonds is 4. The van der Waals surface area contributed by atoms with E-state index in [0.29, 0.717) is 23.0 Å². The molecule has 0 bridgehead atoms. The molecule has 1 heterocycles. The van der Waals surface area contributed by atoms with Gasteiger partial charge in [-0.15, -0.1) is 0 Å². The third-order valence-corrected chi connectivity index (χ3v) is 3.25. The van der Waals surface area contributed by atoms with E-state index in [1.165, 1.54) is 7.11 Å². The number of benzene rings is 1. The van der Waals surface area contributed by atoms with Crippen LogP contribution in [0.3, 0.4) is 0 Å². The largest absolute Gasteiger partial charge is 0.493 e. The monoisotopic (exact) mass is 239 g/mol. The van der Waals surface area contributed by atoms with Crippen molar-refractivity contribution in [1.29, 1.82) is 0 Å². The molecule has 0 spiro atoms. The van der Waals surface area contributed by atoms with Gasteiger partial charge in [-0.05, 0) is 36.6 Å². The maximum Gasteiger partial charge on any atom is 0.166 e. The van der Waals surface area contributed by atoms with E-state index in [-0.39, 0.29) is 0 Å². The van der Waals surface area contributed by atoms with Crippen molar-refractivity contribution < 1.29 is 13.9 Å². The highest BCUT2D eigenvalue weighted by Gasteiger charge is 2.20. The fourth-order valence-corrected chi connectivity index (χ4v) is 2.34. The predicted octanol–water partition coefficient (Wildman–Crippen LogP) is 2.25. The molecule has 1 fully saturated rings. The lowest BCUT2D eigenvalue weighted by molar-refractivity contribution is 0.344. The third kappa shape index (κ3) is 2.36. The lowest BCUT2D eigenvalue weighted by Gasteiger charge is -2.16. The van der Waals surface area contributed by atoms with Crippen LogP contribution in [-0.2, 0) is 6.67 Å². The van der Waals surface area contributed by atoms with Gasteiger partial charge in [-0.25, -0.2) is 4.39 Å². The minimum atomic E-state index is -0.534. The molecular weight excluding hydrogens is 221 g/mol. The van der Waals surface area contributed by atoms with Crippen LogP contribution >= 0.6 is 0 Å². The molecule has 94 valence electrons. The first kappa shape index (κ1) is 12.2. The standard InChI is InChI=1S/C13H18FNO2/c1-16-12-6-10(9-3-4-15-8-9)5-11(7-14)13(12)17-2/h5-6,9,15H,3-4,7-8H2,1-2H3. The summed E-state index contributed by atoms with van der Waals surface area (Å²) in [5.74, 6) is 1.56. The highest BCUT2D eigenvalue weighted by molar-refractivity contribution is 5.50. The molecule has 4 heteroatoms. The number of halogens is 1. The summed E-state index contributed by atoms with van der Waals surface area (Å²) in [5.41, 5.74) is 1.69. The van der Waals surface area contributed by atoms with Gasteiger partial charge in [0.05, 0.1) is 14.2 Å². The van der Waals surface area contributed by atoms with Crippen LogP contribution in [0.15, 0.2) is 12.1 Å². The molecule has 1 unspecified atom stereocenters. The predicted molar refractivity (Wildman–Crippen MR) is 64.6 cm³/mol. The molecule has 3 nitrogen and oxygen atoms in total. The van der Waals surface area contributed by atoms with Crippen LogP contribution in [0.2, 0.25) is 0 Å². The number of alkyl halides is 1. The molecule has 1 aliphatic rings. The fourth-order valence-electron chi connectivity index (χ4n) is 2.34. The van der Waals surface area contributed by atoms with E-state index in [0.717, 1.165) is 25.1 Å². The molecule has 1 atom stereocenters. The summed E-state index contributed by atoms with van der Waals surface area (Å²) in [6.45, 7) is 1.43. The average Bonchev–Trinajstić information content (AvgIpc) is 2.90. The van der Waals surface area contributed by atoms with Gasteiger partial charge in [-0.1, -0.05) is 0 Å². The van der Waals surface area contributed by atoms with Gasteiger partial charge in [-0.2, -0.15) is 0 Å². The second-order valence-electron chi connectivity index (χ2n) is 4.24. The smallest absolute Gasteiger partial charge is 0.166 e. The molecule has 0 saturated carbocycles. The Bertz CT molecular complexity index is 364. The summed E-state index contributed by atoms with van der Waals surface area (Å²) in [6, 6.07) is 3.84. The zero-order chi connectivity index (χ0) is 12.3. The van der Waals surface area contributed by atoms with Gasteiger partial charge in [-0.3, -0.25) is 0 Å². The Labute approximate surface area is 101 Å². The summed E-state index contributed by atoms with van der Waals surface area (Å²) in [7, 11) is 3.12. The average molecular weight is 239 g/mol. The first-order valence-electron chi connectivity index (χ1n) is 5.81. The van der Waals surface area contributed by atoms with E-state index in [4.69, 9.17) is 9.47 Å². The molecule has 17 heavy (non-hydrogen) atoms. The van der Waals surface area contributed by atoms with Gasteiger partial charge < -0.3 is 14.8 Å². The minimum Gasteiger partial charge on any atom is -0.493 e. The lowest BCUT2D eigenvalue weighted by atomic mass is 9.96. The van der Waals surface area contributed by atoms with E-state index in [2.05, 4.69) is 5.32 Å². The molecule has 1 N–H and O–H groups in total. The first-order chi connectivity index (χ1) is 8.30. The first-order valence-corrected chi connectivity index (χ1v) is 5.81. The van der Waals surface area contributed by atoms with Gasteiger partial charge >= 0.3 is 0 Å². The van der Waals surface area contributed by atoms with Crippen LogP contribution in [0, 0.1) is 0 Å². The molecule has 0 radical (unpaired) electrons. The van der Waals surface area contributed by atoms with Crippen molar-refractivity contribution in [2.45, 2.75) is 19.0 Å². The van der Waals surface area contributed by atoms with Crippen molar-refractivity contribution >= 4 is 0 Å². The summed E-state index contributed by atoms with van der Waals surface area (Å²) in [5, 5.41) is 3.31. The summed E-state index contributed by atoms with van der Waals surface area (Å²) in [4.78, 5) is 0. The number of hydrogen-bond acceptors (Lipinski definition) is 3. The van der Waals surface area contributed by atoms with E-state index < -0.39 is 6.67 Å². The van der Waals surface area contributed by atoms with Crippen LogP contribution in [0.1, 0.15) is 23.5 Å². The molecule has 0 aliphatic carbocycles. The molecule has 1 aromatic carbocycles. The molecule has 1 aliphatic heterocycles. The van der Waals surface area contributed by atoms with Crippen molar-refractivity contribution in [1.82, 2.24) is 5.32 Å². The Morgan fingerprint density at radius 2 is 2.18 bits per heavy atom. The Morgan fingerprint density at radius 1 is 1.35 bits per heavy atom. The van der Waals surface area contributed by atoms with Crippen molar-refractivity contribution in [3.05, 3.63) is 23.3 Å². The molecule has 0 aromatic heterocycles. The Kier molecular flexibility index (Phi) is 3.84. The third-order valence-electron chi connectivity index (χ3n) is 3.25. The molecule has 2 rings (SSSR count). The number of methoxy groups -OCH3 is 2. The van der Waals surface area contributed by atoms with Crippen LogP contribution < -0.4 is 14.8 Å². The zero-order valence-electron chi connectivity index (χ0n) is 10.3. The van der Waals surface area contributed by atoms with E-state index in [1.807, 2.05) is 12.1 Å². The Morgan fingerprint density at radius 3 is 2.71 bits per heavy atom. The van der Waals surface area contributed by atoms with Gasteiger partial charge in [0.25, 0.3) is 0 Å². The van der Waals surface area contributed by atoms with Crippen molar-refractivity contribution in [2.75, 3.05) is 27.3 Å². The lowest BCUT2D eigenvalue weighted by Crippen LogP contribution is -2.08. The van der Waals surface area contributed by atoms with Crippen molar-refractivity contribution in [3.8, 4) is 11.5 Å². The van der Waals surface area contributed by atoms with Crippen LogP contribution in [-0.4, -0.2) is 27.3 Å². The van der Waals surface area contributed by atoms with Crippen molar-refractivity contribution in [3.63, 3.8) is 0 Å². The highest BCUT2D eigenvalue weighted by atomic mass is 19.1. The second kappa shape index (κ2) is 5.36. The van der Waals surface area contributed by atoms with Crippen LogP contribution in [0.4, 0.5) is 4.39 Å². The topological polar surface area (TPSA) is 30.5 Å². The molecule has 0 amide bonds. The second-order valence-corrected chi connectivity index (χ2v) is 4.24. The highest BCUT2D eigenvalue weighted by Crippen LogP contribution is 2.36. The molecular formula is C13H18FNO2. The van der Waals surface area contributed by atoms with Crippen LogP contribution in [0.5, 0.6) is 11.5 Å². The maximum absolute atomic E-state index is 13.0. The van der Waals surface area contributed by atoms with E-state index in [1.54, 1.807) is 7.11 Å². The quantitative estimate of drug-likeness (QED) is 0.874. The fraction of sp³-hybridized carbons (Fsp3) is 0.538. The van der Waals surface area contributed by atoms with Gasteiger partial charge in [0, 0.05) is 12.1 Å². The van der Waals surface area contributed by atoms with E-state index in [9.17, 15) is 4.39 Å². The van der Waals surface area contributed by atoms with Crippen LogP contribution in [0.25, 0.3) is 0 Å². The van der Waals surface area contributed by atoms with Gasteiger partial charge in [0.1, 0.15) is 6.67 Å². The number of hydrogen-bond donors (Lipinski definition) is 1. The molecule has 1 aromatic rings. The summed E-state index contributed by atoms with van der Waals surface area (Å²) < 4.78 is 23.5. The maximum atomic E-state index is 13.0. The van der Waals surface area contributed by atoms with Gasteiger partial charge in [0.15, 0.2) is 11.5 Å². The number of ether oxygens (including phenoxy) is 2. The Balaban J connectivity index is 2.40. The molecule has 1 saturated heterocycles. The number of nitrogens with one attached hydrogen (secondary N) is 1. The summed E-state index contributed by atoms with van der Waals surface area (Å²) >= 11 is 0. The summed E-state index contributed by atoms with van der Waals surface area (Å²) in [6.07, 6.45) is 1.08.